The highest BCUT2D eigenvalue weighted by Gasteiger charge is 1.94. The number of pyridine rings is 1. The minimum absolute atomic E-state index is 0.0741. The Kier molecular flexibility index (Phi) is 1.45. The van der Waals surface area contributed by atoms with Crippen molar-refractivity contribution in [2.75, 3.05) is 0 Å². The average Bonchev–Trinajstić information content (AvgIpc) is 1.97. The normalized spacial score (nSPS) is 12.8. The Balaban J connectivity index is 3.46. The topological polar surface area (TPSA) is 12.9 Å². The molecule has 48 valence electrons. The average molecular weight is 184 g/mol. The minimum Gasteiger partial charge on any atom is -0.224 e. The van der Waals surface area contributed by atoms with E-state index >= 15 is 0 Å². The Labute approximate surface area is 70.4 Å². The van der Waals surface area contributed by atoms with Crippen LogP contribution in [0.1, 0.15) is 2.74 Å². The molecule has 0 aliphatic heterocycles. The molecule has 0 amide bonds. The van der Waals surface area contributed by atoms with E-state index < -0.39 is 0 Å². The lowest BCUT2D eigenvalue weighted by atomic mass is 10.5. The van der Waals surface area contributed by atoms with Gasteiger partial charge in [0.2, 0.25) is 0 Å². The molecule has 0 fully saturated rings. The number of halogens is 3. The third-order valence-corrected chi connectivity index (χ3v) is 1.17. The Morgan fingerprint density at radius 1 is 1.22 bits per heavy atom. The van der Waals surface area contributed by atoms with E-state index in [1.165, 1.54) is 0 Å². The van der Waals surface area contributed by atoms with Crippen LogP contribution in [0.5, 0.6) is 0 Å². The molecule has 0 N–H and O–H groups in total. The molecule has 0 spiro atoms. The van der Waals surface area contributed by atoms with Gasteiger partial charge < -0.3 is 0 Å². The van der Waals surface area contributed by atoms with Crippen LogP contribution in [-0.4, -0.2) is 4.98 Å². The lowest BCUT2D eigenvalue weighted by Gasteiger charge is -1.90. The third kappa shape index (κ3) is 2.01. The van der Waals surface area contributed by atoms with E-state index in [9.17, 15) is 0 Å². The summed E-state index contributed by atoms with van der Waals surface area (Å²) in [5.41, 5.74) is 0. The van der Waals surface area contributed by atoms with Gasteiger partial charge in [-0.25, -0.2) is 4.98 Å². The number of nitrogens with zero attached hydrogens (tertiary/aromatic N) is 1. The Bertz CT molecular complexity index is 276. The number of rotatable bonds is 0. The maximum atomic E-state index is 7.18. The molecule has 1 rings (SSSR count). The molecule has 1 aromatic rings. The summed E-state index contributed by atoms with van der Waals surface area (Å²) in [6, 6.07) is -0.328. The molecule has 4 heteroatoms. The van der Waals surface area contributed by atoms with Crippen molar-refractivity contribution >= 4 is 34.8 Å². The van der Waals surface area contributed by atoms with E-state index in [0.29, 0.717) is 0 Å². The van der Waals surface area contributed by atoms with Gasteiger partial charge in [0.25, 0.3) is 0 Å². The van der Waals surface area contributed by atoms with Crippen LogP contribution in [0.2, 0.25) is 15.3 Å². The molecule has 9 heavy (non-hydrogen) atoms. The standard InChI is InChI=1S/C5H2Cl3N/c6-3-1-4(7)9-5(8)2-3/h1-2H/i1D,2D. The summed E-state index contributed by atoms with van der Waals surface area (Å²) in [5, 5.41) is -0.248. The van der Waals surface area contributed by atoms with Crippen LogP contribution in [0.25, 0.3) is 0 Å². The van der Waals surface area contributed by atoms with Crippen LogP contribution in [0.15, 0.2) is 12.1 Å². The number of aromatic nitrogens is 1. The van der Waals surface area contributed by atoms with Crippen molar-refractivity contribution in [3.05, 3.63) is 27.4 Å². The molecule has 0 saturated carbocycles. The summed E-state index contributed by atoms with van der Waals surface area (Å²) < 4.78 is 14.4. The summed E-state index contributed by atoms with van der Waals surface area (Å²) in [5.74, 6) is 0. The van der Waals surface area contributed by atoms with E-state index in [4.69, 9.17) is 37.5 Å². The molecule has 0 aliphatic rings. The van der Waals surface area contributed by atoms with Crippen LogP contribution in [-0.2, 0) is 0 Å². The van der Waals surface area contributed by atoms with Gasteiger partial charge in [0.15, 0.2) is 0 Å². The molecule has 0 aliphatic carbocycles. The summed E-state index contributed by atoms with van der Waals surface area (Å²) in [6.07, 6.45) is 0. The molecule has 0 bridgehead atoms. The van der Waals surface area contributed by atoms with Gasteiger partial charge in [-0.2, -0.15) is 0 Å². The highest BCUT2D eigenvalue weighted by atomic mass is 35.5. The molecule has 0 saturated heterocycles. The lowest BCUT2D eigenvalue weighted by molar-refractivity contribution is 1.33. The van der Waals surface area contributed by atoms with Crippen molar-refractivity contribution in [1.82, 2.24) is 4.98 Å². The predicted molar refractivity (Wildman–Crippen MR) is 39.3 cm³/mol. The third-order valence-electron chi connectivity index (χ3n) is 0.622. The SMILES string of the molecule is [2H]c1c(Cl)nc(Cl)c([2H])c1Cl. The Morgan fingerprint density at radius 3 is 2.11 bits per heavy atom. The maximum absolute atomic E-state index is 7.18. The second kappa shape index (κ2) is 2.74. The summed E-state index contributed by atoms with van der Waals surface area (Å²) >= 11 is 16.4. The first-order chi connectivity index (χ1) is 5.04. The maximum Gasteiger partial charge on any atom is 0.132 e. The van der Waals surface area contributed by atoms with E-state index in [1.807, 2.05) is 0 Å². The van der Waals surface area contributed by atoms with Gasteiger partial charge in [0, 0.05) is 5.02 Å². The minimum atomic E-state index is -0.164. The fourth-order valence-corrected chi connectivity index (χ4v) is 1.03. The zero-order chi connectivity index (χ0) is 8.59. The van der Waals surface area contributed by atoms with Crippen molar-refractivity contribution in [3.63, 3.8) is 0 Å². The highest BCUT2D eigenvalue weighted by Crippen LogP contribution is 2.17. The van der Waals surface area contributed by atoms with Crippen molar-refractivity contribution < 1.29 is 2.74 Å². The summed E-state index contributed by atoms with van der Waals surface area (Å²) in [4.78, 5) is 3.50. The van der Waals surface area contributed by atoms with Gasteiger partial charge in [0.1, 0.15) is 10.3 Å². The molecule has 1 nitrogen and oxygen atoms in total. The quantitative estimate of drug-likeness (QED) is 0.565. The predicted octanol–water partition coefficient (Wildman–Crippen LogP) is 3.04. The van der Waals surface area contributed by atoms with Gasteiger partial charge in [-0.05, 0) is 12.1 Å². The van der Waals surface area contributed by atoms with Crippen LogP contribution < -0.4 is 0 Å². The largest absolute Gasteiger partial charge is 0.224 e. The van der Waals surface area contributed by atoms with Crippen LogP contribution >= 0.6 is 34.8 Å². The smallest absolute Gasteiger partial charge is 0.132 e. The monoisotopic (exact) mass is 183 g/mol. The van der Waals surface area contributed by atoms with E-state index in [1.54, 1.807) is 0 Å². The number of hydrogen-bond donors (Lipinski definition) is 0. The van der Waals surface area contributed by atoms with E-state index in [0.717, 1.165) is 0 Å². The number of hydrogen-bond acceptors (Lipinski definition) is 1. The van der Waals surface area contributed by atoms with Gasteiger partial charge in [-0.3, -0.25) is 0 Å². The van der Waals surface area contributed by atoms with Gasteiger partial charge >= 0.3 is 0 Å². The molecule has 1 aromatic heterocycles. The van der Waals surface area contributed by atoms with Crippen LogP contribution in [0.3, 0.4) is 0 Å². The second-order valence-electron chi connectivity index (χ2n) is 1.26. The second-order valence-corrected chi connectivity index (χ2v) is 2.35. The first-order valence-corrected chi connectivity index (χ1v) is 3.15. The molecular weight excluding hydrogens is 180 g/mol. The van der Waals surface area contributed by atoms with Crippen molar-refractivity contribution in [1.29, 1.82) is 0 Å². The van der Waals surface area contributed by atoms with Crippen molar-refractivity contribution in [2.24, 2.45) is 0 Å². The molecule has 0 atom stereocenters. The van der Waals surface area contributed by atoms with Gasteiger partial charge in [-0.15, -0.1) is 0 Å². The van der Waals surface area contributed by atoms with E-state index in [-0.39, 0.29) is 27.4 Å². The fraction of sp³-hybridized carbons (Fsp3) is 0. The van der Waals surface area contributed by atoms with Crippen LogP contribution in [0, 0.1) is 0 Å². The molecule has 0 unspecified atom stereocenters. The van der Waals surface area contributed by atoms with Crippen molar-refractivity contribution in [2.45, 2.75) is 0 Å². The zero-order valence-electron chi connectivity index (χ0n) is 6.08. The first kappa shape index (κ1) is 4.78. The Morgan fingerprint density at radius 2 is 1.67 bits per heavy atom. The van der Waals surface area contributed by atoms with Gasteiger partial charge in [-0.1, -0.05) is 34.8 Å². The lowest BCUT2D eigenvalue weighted by Crippen LogP contribution is -1.74. The molecule has 1 heterocycles. The molecular formula is C5H2Cl3N. The Hall–Kier alpha value is 0.0200. The molecule has 0 aromatic carbocycles. The summed E-state index contributed by atoms with van der Waals surface area (Å²) in [7, 11) is 0. The first-order valence-electron chi connectivity index (χ1n) is 3.01. The van der Waals surface area contributed by atoms with E-state index in [2.05, 4.69) is 4.98 Å². The fourth-order valence-electron chi connectivity index (χ4n) is 0.354. The zero-order valence-corrected chi connectivity index (χ0v) is 6.35. The highest BCUT2D eigenvalue weighted by molar-refractivity contribution is 6.36. The van der Waals surface area contributed by atoms with Crippen molar-refractivity contribution in [3.8, 4) is 0 Å². The van der Waals surface area contributed by atoms with Crippen LogP contribution in [0.4, 0.5) is 0 Å². The molecule has 0 radical (unpaired) electrons. The summed E-state index contributed by atoms with van der Waals surface area (Å²) in [6.45, 7) is 0. The van der Waals surface area contributed by atoms with Gasteiger partial charge in [0.05, 0.1) is 2.74 Å².